The molecule has 0 radical (unpaired) electrons. The maximum atomic E-state index is 12.5. The van der Waals surface area contributed by atoms with Crippen LogP contribution in [-0.4, -0.2) is 21.4 Å². The van der Waals surface area contributed by atoms with E-state index >= 15 is 0 Å². The molecule has 6 nitrogen and oxygen atoms in total. The molecule has 3 aromatic rings. The Labute approximate surface area is 169 Å². The van der Waals surface area contributed by atoms with Gasteiger partial charge in [0, 0.05) is 23.3 Å². The summed E-state index contributed by atoms with van der Waals surface area (Å²) >= 11 is 4.63. The summed E-state index contributed by atoms with van der Waals surface area (Å²) in [4.78, 5) is 29.7. The van der Waals surface area contributed by atoms with E-state index in [1.54, 1.807) is 30.8 Å². The Bertz CT molecular complexity index is 1040. The number of aryl methyl sites for hydroxylation is 4. The Kier molecular flexibility index (Phi) is 5.48. The molecule has 0 saturated heterocycles. The minimum atomic E-state index is -0.395. The summed E-state index contributed by atoms with van der Waals surface area (Å²) in [6.45, 7) is 5.85. The average Bonchev–Trinajstić information content (AvgIpc) is 3.14. The second-order valence-electron chi connectivity index (χ2n) is 6.31. The van der Waals surface area contributed by atoms with E-state index in [-0.39, 0.29) is 5.91 Å². The number of halogens is 1. The van der Waals surface area contributed by atoms with Crippen molar-refractivity contribution < 1.29 is 9.59 Å². The van der Waals surface area contributed by atoms with Crippen LogP contribution < -0.4 is 10.9 Å². The first-order valence-electron chi connectivity index (χ1n) is 8.24. The van der Waals surface area contributed by atoms with Crippen molar-refractivity contribution >= 4 is 39.1 Å². The molecule has 140 valence electrons. The zero-order valence-electron chi connectivity index (χ0n) is 15.4. The van der Waals surface area contributed by atoms with Gasteiger partial charge in [-0.15, -0.1) is 11.3 Å². The molecule has 0 spiro atoms. The number of hydrogen-bond donors (Lipinski definition) is 2. The van der Waals surface area contributed by atoms with Gasteiger partial charge in [-0.2, -0.15) is 0 Å². The number of carbonyl (C=O) groups excluding carboxylic acids is 2. The minimum Gasteiger partial charge on any atom is -0.345 e. The molecule has 0 fully saturated rings. The largest absolute Gasteiger partial charge is 0.345 e. The van der Waals surface area contributed by atoms with E-state index in [0.717, 1.165) is 20.6 Å². The summed E-state index contributed by atoms with van der Waals surface area (Å²) in [7, 11) is 1.75. The Morgan fingerprint density at radius 1 is 1.11 bits per heavy atom. The number of rotatable bonds is 3. The first-order chi connectivity index (χ1) is 12.8. The lowest BCUT2D eigenvalue weighted by Gasteiger charge is -2.07. The van der Waals surface area contributed by atoms with E-state index < -0.39 is 5.91 Å². The SMILES string of the molecule is Cc1ccc(-c2nc(C)c(C(=O)NNC(=O)c3cc(Br)cn3C)s2)c(C)c1. The van der Waals surface area contributed by atoms with Crippen molar-refractivity contribution in [3.05, 3.63) is 62.3 Å². The van der Waals surface area contributed by atoms with Crippen molar-refractivity contribution in [1.82, 2.24) is 20.4 Å². The number of thiazole rings is 1. The molecule has 0 saturated carbocycles. The van der Waals surface area contributed by atoms with Crippen molar-refractivity contribution in [2.24, 2.45) is 7.05 Å². The molecule has 0 bridgehead atoms. The van der Waals surface area contributed by atoms with E-state index in [1.165, 1.54) is 16.9 Å². The third kappa shape index (κ3) is 4.12. The van der Waals surface area contributed by atoms with Crippen LogP contribution in [0.4, 0.5) is 0 Å². The van der Waals surface area contributed by atoms with Crippen LogP contribution >= 0.6 is 27.3 Å². The second kappa shape index (κ2) is 7.66. The summed E-state index contributed by atoms with van der Waals surface area (Å²) < 4.78 is 2.46. The van der Waals surface area contributed by atoms with Crippen molar-refractivity contribution in [2.75, 3.05) is 0 Å². The monoisotopic (exact) mass is 446 g/mol. The first kappa shape index (κ1) is 19.3. The molecule has 0 unspecified atom stereocenters. The van der Waals surface area contributed by atoms with Crippen LogP contribution in [0.25, 0.3) is 10.6 Å². The molecule has 0 atom stereocenters. The van der Waals surface area contributed by atoms with E-state index in [0.29, 0.717) is 16.3 Å². The van der Waals surface area contributed by atoms with Crippen molar-refractivity contribution in [3.8, 4) is 10.6 Å². The molecule has 27 heavy (non-hydrogen) atoms. The normalized spacial score (nSPS) is 10.7. The Balaban J connectivity index is 1.75. The quantitative estimate of drug-likeness (QED) is 0.598. The Hall–Kier alpha value is -2.45. The Morgan fingerprint density at radius 3 is 2.44 bits per heavy atom. The molecule has 2 heterocycles. The van der Waals surface area contributed by atoms with Gasteiger partial charge in [-0.3, -0.25) is 20.4 Å². The predicted octanol–water partition coefficient (Wildman–Crippen LogP) is 3.91. The molecule has 2 aromatic heterocycles. The standard InChI is InChI=1S/C19H19BrN4O2S/c1-10-5-6-14(11(2)7-10)19-21-12(3)16(27-19)18(26)23-22-17(25)15-8-13(20)9-24(15)4/h5-9H,1-4H3,(H,22,25)(H,23,26). The smallest absolute Gasteiger partial charge is 0.286 e. The van der Waals surface area contributed by atoms with E-state index in [1.807, 2.05) is 26.0 Å². The van der Waals surface area contributed by atoms with Gasteiger partial charge in [-0.25, -0.2) is 4.98 Å². The Morgan fingerprint density at radius 2 is 1.81 bits per heavy atom. The van der Waals surface area contributed by atoms with E-state index in [2.05, 4.69) is 37.8 Å². The van der Waals surface area contributed by atoms with Crippen LogP contribution in [0.15, 0.2) is 34.9 Å². The zero-order chi connectivity index (χ0) is 19.7. The van der Waals surface area contributed by atoms with Crippen LogP contribution in [0.3, 0.4) is 0 Å². The number of hydrogen-bond acceptors (Lipinski definition) is 4. The van der Waals surface area contributed by atoms with Crippen LogP contribution in [0, 0.1) is 20.8 Å². The molecule has 0 aliphatic heterocycles. The van der Waals surface area contributed by atoms with Gasteiger partial charge in [0.2, 0.25) is 0 Å². The third-order valence-electron chi connectivity index (χ3n) is 4.11. The maximum absolute atomic E-state index is 12.5. The molecule has 0 aliphatic carbocycles. The van der Waals surface area contributed by atoms with Crippen LogP contribution in [0.5, 0.6) is 0 Å². The highest BCUT2D eigenvalue weighted by molar-refractivity contribution is 9.10. The van der Waals surface area contributed by atoms with Crippen molar-refractivity contribution in [2.45, 2.75) is 20.8 Å². The molecule has 3 rings (SSSR count). The summed E-state index contributed by atoms with van der Waals surface area (Å²) in [5, 5.41) is 0.785. The average molecular weight is 447 g/mol. The summed E-state index contributed by atoms with van der Waals surface area (Å²) in [6.07, 6.45) is 1.76. The molecule has 1 aromatic carbocycles. The topological polar surface area (TPSA) is 76.0 Å². The number of aromatic nitrogens is 2. The fourth-order valence-corrected chi connectivity index (χ4v) is 4.34. The molecule has 8 heteroatoms. The summed E-state index contributed by atoms with van der Waals surface area (Å²) in [5.74, 6) is -0.782. The van der Waals surface area contributed by atoms with Crippen LogP contribution in [0.2, 0.25) is 0 Å². The number of nitrogens with zero attached hydrogens (tertiary/aromatic N) is 2. The van der Waals surface area contributed by atoms with Gasteiger partial charge in [0.25, 0.3) is 11.8 Å². The van der Waals surface area contributed by atoms with E-state index in [4.69, 9.17) is 0 Å². The number of carbonyl (C=O) groups is 2. The van der Waals surface area contributed by atoms with Crippen LogP contribution in [-0.2, 0) is 7.05 Å². The highest BCUT2D eigenvalue weighted by Crippen LogP contribution is 2.30. The van der Waals surface area contributed by atoms with E-state index in [9.17, 15) is 9.59 Å². The predicted molar refractivity (Wildman–Crippen MR) is 110 cm³/mol. The van der Waals surface area contributed by atoms with Gasteiger partial charge < -0.3 is 4.57 Å². The van der Waals surface area contributed by atoms with Crippen LogP contribution in [0.1, 0.15) is 37.0 Å². The zero-order valence-corrected chi connectivity index (χ0v) is 17.8. The lowest BCUT2D eigenvalue weighted by atomic mass is 10.1. The number of nitrogens with one attached hydrogen (secondary N) is 2. The number of amides is 2. The highest BCUT2D eigenvalue weighted by atomic mass is 79.9. The number of hydrazine groups is 1. The minimum absolute atomic E-state index is 0.386. The van der Waals surface area contributed by atoms with Gasteiger partial charge in [-0.1, -0.05) is 23.8 Å². The molecule has 2 amide bonds. The van der Waals surface area contributed by atoms with Gasteiger partial charge >= 0.3 is 0 Å². The first-order valence-corrected chi connectivity index (χ1v) is 9.85. The molecular weight excluding hydrogens is 428 g/mol. The molecule has 2 N–H and O–H groups in total. The van der Waals surface area contributed by atoms with Crippen molar-refractivity contribution in [3.63, 3.8) is 0 Å². The van der Waals surface area contributed by atoms with Crippen molar-refractivity contribution in [1.29, 1.82) is 0 Å². The summed E-state index contributed by atoms with van der Waals surface area (Å²) in [5.41, 5.74) is 9.26. The van der Waals surface area contributed by atoms with Gasteiger partial charge in [0.1, 0.15) is 15.6 Å². The lowest BCUT2D eigenvalue weighted by Crippen LogP contribution is -2.42. The highest BCUT2D eigenvalue weighted by Gasteiger charge is 2.18. The maximum Gasteiger partial charge on any atom is 0.286 e. The summed E-state index contributed by atoms with van der Waals surface area (Å²) in [6, 6.07) is 7.80. The lowest BCUT2D eigenvalue weighted by molar-refractivity contribution is 0.0843. The van der Waals surface area contributed by atoms with Gasteiger partial charge in [0.05, 0.1) is 5.69 Å². The molecule has 0 aliphatic rings. The number of benzene rings is 1. The van der Waals surface area contributed by atoms with Gasteiger partial charge in [0.15, 0.2) is 0 Å². The molecular formula is C19H19BrN4O2S. The third-order valence-corrected chi connectivity index (χ3v) is 5.73. The fourth-order valence-electron chi connectivity index (χ4n) is 2.76. The second-order valence-corrected chi connectivity index (χ2v) is 8.23. The fraction of sp³-hybridized carbons (Fsp3) is 0.211. The van der Waals surface area contributed by atoms with Gasteiger partial charge in [-0.05, 0) is 48.3 Å².